The fourth-order valence-electron chi connectivity index (χ4n) is 1.61. The Morgan fingerprint density at radius 3 is 2.87 bits per heavy atom. The first-order chi connectivity index (χ1) is 7.16. The molecular weight excluding hydrogens is 250 g/mol. The van der Waals surface area contributed by atoms with Crippen LogP contribution < -0.4 is 0 Å². The molecule has 2 rings (SSSR count). The van der Waals surface area contributed by atoms with Crippen LogP contribution in [0.5, 0.6) is 0 Å². The van der Waals surface area contributed by atoms with Crippen molar-refractivity contribution in [2.75, 3.05) is 0 Å². The van der Waals surface area contributed by atoms with Crippen LogP contribution in [0.25, 0.3) is 10.9 Å². The third-order valence-corrected chi connectivity index (χ3v) is 2.92. The Hall–Kier alpha value is -1.02. The first-order valence-electron chi connectivity index (χ1n) is 5.04. The molecule has 0 spiro atoms. The Bertz CT molecular complexity index is 504. The lowest BCUT2D eigenvalue weighted by molar-refractivity contribution is 0.856. The van der Waals surface area contributed by atoms with Crippen LogP contribution in [0.3, 0.4) is 0 Å². The number of rotatable bonds is 2. The number of hydrogen-bond acceptors (Lipinski definition) is 0. The summed E-state index contributed by atoms with van der Waals surface area (Å²) in [4.78, 5) is 0. The zero-order valence-corrected chi connectivity index (χ0v) is 10.6. The van der Waals surface area contributed by atoms with Gasteiger partial charge in [-0.05, 0) is 38.1 Å². The Labute approximate surface area is 98.5 Å². The van der Waals surface area contributed by atoms with E-state index in [0.29, 0.717) is 0 Å². The molecule has 0 saturated heterocycles. The lowest BCUT2D eigenvalue weighted by Gasteiger charge is -2.02. The van der Waals surface area contributed by atoms with E-state index in [-0.39, 0.29) is 0 Å². The Morgan fingerprint density at radius 1 is 1.33 bits per heavy atom. The number of fused-ring (bicyclic) bond motifs is 1. The molecule has 0 bridgehead atoms. The van der Waals surface area contributed by atoms with E-state index < -0.39 is 0 Å². The van der Waals surface area contributed by atoms with E-state index in [2.05, 4.69) is 70.9 Å². The van der Waals surface area contributed by atoms with E-state index in [1.807, 2.05) is 0 Å². The smallest absolute Gasteiger partial charge is 0.0483 e. The van der Waals surface area contributed by atoms with Crippen molar-refractivity contribution < 1.29 is 0 Å². The molecule has 0 atom stereocenters. The van der Waals surface area contributed by atoms with Crippen molar-refractivity contribution in [2.45, 2.75) is 20.4 Å². The minimum absolute atomic E-state index is 0.952. The molecule has 0 N–H and O–H groups in total. The second-order valence-electron chi connectivity index (χ2n) is 3.95. The van der Waals surface area contributed by atoms with Crippen molar-refractivity contribution in [3.63, 3.8) is 0 Å². The van der Waals surface area contributed by atoms with Gasteiger partial charge in [-0.3, -0.25) is 0 Å². The summed E-state index contributed by atoms with van der Waals surface area (Å²) < 4.78 is 3.39. The highest BCUT2D eigenvalue weighted by molar-refractivity contribution is 9.10. The van der Waals surface area contributed by atoms with Crippen molar-refractivity contribution in [1.29, 1.82) is 0 Å². The molecule has 15 heavy (non-hydrogen) atoms. The van der Waals surface area contributed by atoms with E-state index >= 15 is 0 Å². The van der Waals surface area contributed by atoms with Crippen molar-refractivity contribution in [3.8, 4) is 0 Å². The maximum atomic E-state index is 3.48. The largest absolute Gasteiger partial charge is 0.344 e. The standard InChI is InChI=1S/C13H14BrN/c1-10(2)5-7-15-8-6-11-9-12(14)3-4-13(11)15/h3-6,8-9H,7H2,1-2H3. The summed E-state index contributed by atoms with van der Waals surface area (Å²) in [5.41, 5.74) is 2.64. The predicted octanol–water partition coefficient (Wildman–Crippen LogP) is 4.37. The molecule has 1 nitrogen and oxygen atoms in total. The molecule has 78 valence electrons. The van der Waals surface area contributed by atoms with Gasteiger partial charge < -0.3 is 4.57 Å². The second kappa shape index (κ2) is 4.23. The van der Waals surface area contributed by atoms with Crippen molar-refractivity contribution in [3.05, 3.63) is 46.6 Å². The molecule has 0 saturated carbocycles. The minimum atomic E-state index is 0.952. The van der Waals surface area contributed by atoms with Crippen LogP contribution in [0.4, 0.5) is 0 Å². The topological polar surface area (TPSA) is 4.93 Å². The van der Waals surface area contributed by atoms with Gasteiger partial charge in [-0.15, -0.1) is 0 Å². The molecule has 0 fully saturated rings. The molecule has 1 aromatic carbocycles. The lowest BCUT2D eigenvalue weighted by Crippen LogP contribution is -1.92. The monoisotopic (exact) mass is 263 g/mol. The van der Waals surface area contributed by atoms with Gasteiger partial charge in [-0.2, -0.15) is 0 Å². The van der Waals surface area contributed by atoms with Gasteiger partial charge in [0, 0.05) is 28.1 Å². The third-order valence-electron chi connectivity index (χ3n) is 2.43. The third kappa shape index (κ3) is 2.32. The van der Waals surface area contributed by atoms with Gasteiger partial charge in [0.15, 0.2) is 0 Å². The molecule has 2 heteroatoms. The molecule has 0 radical (unpaired) electrons. The maximum absolute atomic E-state index is 3.48. The fourth-order valence-corrected chi connectivity index (χ4v) is 1.99. The van der Waals surface area contributed by atoms with Gasteiger partial charge in [0.1, 0.15) is 0 Å². The molecular formula is C13H14BrN. The second-order valence-corrected chi connectivity index (χ2v) is 4.87. The maximum Gasteiger partial charge on any atom is 0.0483 e. The van der Waals surface area contributed by atoms with Crippen LogP contribution in [0, 0.1) is 0 Å². The van der Waals surface area contributed by atoms with Crippen molar-refractivity contribution >= 4 is 26.8 Å². The molecule has 0 unspecified atom stereocenters. The van der Waals surface area contributed by atoms with E-state index in [0.717, 1.165) is 11.0 Å². The Balaban J connectivity index is 2.41. The zero-order chi connectivity index (χ0) is 10.8. The Morgan fingerprint density at radius 2 is 2.13 bits per heavy atom. The van der Waals surface area contributed by atoms with Gasteiger partial charge in [-0.1, -0.05) is 27.6 Å². The predicted molar refractivity (Wildman–Crippen MR) is 69.1 cm³/mol. The van der Waals surface area contributed by atoms with Gasteiger partial charge in [-0.25, -0.2) is 0 Å². The van der Waals surface area contributed by atoms with Crippen LogP contribution >= 0.6 is 15.9 Å². The number of halogens is 1. The summed E-state index contributed by atoms with van der Waals surface area (Å²) in [6.07, 6.45) is 4.37. The molecule has 0 aliphatic rings. The highest BCUT2D eigenvalue weighted by Gasteiger charge is 1.99. The summed E-state index contributed by atoms with van der Waals surface area (Å²) in [6, 6.07) is 8.53. The summed E-state index contributed by atoms with van der Waals surface area (Å²) >= 11 is 3.48. The Kier molecular flexibility index (Phi) is 2.96. The average molecular weight is 264 g/mol. The molecule has 1 heterocycles. The van der Waals surface area contributed by atoms with Gasteiger partial charge in [0.25, 0.3) is 0 Å². The van der Waals surface area contributed by atoms with Crippen LogP contribution in [-0.4, -0.2) is 4.57 Å². The van der Waals surface area contributed by atoms with E-state index in [1.54, 1.807) is 0 Å². The average Bonchev–Trinajstić information content (AvgIpc) is 2.57. The molecule has 1 aromatic heterocycles. The van der Waals surface area contributed by atoms with Crippen LogP contribution in [0.15, 0.2) is 46.6 Å². The normalized spacial score (nSPS) is 10.6. The van der Waals surface area contributed by atoms with E-state index in [1.165, 1.54) is 16.5 Å². The number of aromatic nitrogens is 1. The number of allylic oxidation sites excluding steroid dienone is 2. The first kappa shape index (κ1) is 10.5. The molecule has 0 aliphatic heterocycles. The number of nitrogens with zero attached hydrogens (tertiary/aromatic N) is 1. The lowest BCUT2D eigenvalue weighted by atomic mass is 10.2. The molecule has 0 aliphatic carbocycles. The highest BCUT2D eigenvalue weighted by Crippen LogP contribution is 2.20. The van der Waals surface area contributed by atoms with Crippen LogP contribution in [-0.2, 0) is 6.54 Å². The summed E-state index contributed by atoms with van der Waals surface area (Å²) in [5, 5.41) is 1.28. The van der Waals surface area contributed by atoms with E-state index in [4.69, 9.17) is 0 Å². The van der Waals surface area contributed by atoms with Gasteiger partial charge in [0.2, 0.25) is 0 Å². The number of hydrogen-bond donors (Lipinski definition) is 0. The molecule has 0 amide bonds. The van der Waals surface area contributed by atoms with Crippen LogP contribution in [0.1, 0.15) is 13.8 Å². The van der Waals surface area contributed by atoms with E-state index in [9.17, 15) is 0 Å². The zero-order valence-electron chi connectivity index (χ0n) is 9.00. The summed E-state index contributed by atoms with van der Waals surface area (Å²) in [5.74, 6) is 0. The SMILES string of the molecule is CC(C)=CCn1ccc2cc(Br)ccc21. The van der Waals surface area contributed by atoms with Crippen molar-refractivity contribution in [1.82, 2.24) is 4.57 Å². The van der Waals surface area contributed by atoms with Gasteiger partial charge >= 0.3 is 0 Å². The highest BCUT2D eigenvalue weighted by atomic mass is 79.9. The van der Waals surface area contributed by atoms with Gasteiger partial charge in [0.05, 0.1) is 0 Å². The molecule has 2 aromatic rings. The fraction of sp³-hybridized carbons (Fsp3) is 0.231. The van der Waals surface area contributed by atoms with Crippen molar-refractivity contribution in [2.24, 2.45) is 0 Å². The van der Waals surface area contributed by atoms with Crippen LogP contribution in [0.2, 0.25) is 0 Å². The minimum Gasteiger partial charge on any atom is -0.344 e. The summed E-state index contributed by atoms with van der Waals surface area (Å²) in [7, 11) is 0. The quantitative estimate of drug-likeness (QED) is 0.710. The number of benzene rings is 1. The summed E-state index contributed by atoms with van der Waals surface area (Å²) in [6.45, 7) is 5.21. The first-order valence-corrected chi connectivity index (χ1v) is 5.84.